The molecule has 0 atom stereocenters. The summed E-state index contributed by atoms with van der Waals surface area (Å²) in [7, 11) is 0. The first kappa shape index (κ1) is 14.7. The number of amides is 1. The van der Waals surface area contributed by atoms with Gasteiger partial charge in [0.1, 0.15) is 0 Å². The number of carbonyl (C=O) groups excluding carboxylic acids is 1. The molecule has 20 heavy (non-hydrogen) atoms. The van der Waals surface area contributed by atoms with Gasteiger partial charge in [-0.2, -0.15) is 0 Å². The third kappa shape index (κ3) is 3.43. The van der Waals surface area contributed by atoms with Gasteiger partial charge >= 0.3 is 5.97 Å². The van der Waals surface area contributed by atoms with Crippen molar-refractivity contribution in [3.8, 4) is 0 Å². The lowest BCUT2D eigenvalue weighted by Gasteiger charge is -2.08. The highest BCUT2D eigenvalue weighted by Crippen LogP contribution is 2.24. The van der Waals surface area contributed by atoms with Gasteiger partial charge in [-0.15, -0.1) is 0 Å². The number of pyridine rings is 1. The summed E-state index contributed by atoms with van der Waals surface area (Å²) in [5, 5.41) is 11.6. The zero-order valence-electron chi connectivity index (χ0n) is 9.93. The van der Waals surface area contributed by atoms with Crippen LogP contribution in [0.2, 0.25) is 0 Å². The van der Waals surface area contributed by atoms with E-state index in [-0.39, 0.29) is 11.5 Å². The number of aromatic carboxylic acids is 1. The number of nitrogens with one attached hydrogen (secondary N) is 1. The molecular weight excluding hydrogens is 392 g/mol. The molecule has 1 aromatic carbocycles. The molecular formula is C13H8Br2N2O3. The molecule has 0 aliphatic rings. The lowest BCUT2D eigenvalue weighted by molar-refractivity contribution is 0.0696. The molecule has 5 nitrogen and oxygen atoms in total. The Morgan fingerprint density at radius 1 is 1.10 bits per heavy atom. The van der Waals surface area contributed by atoms with Gasteiger partial charge in [-0.25, -0.2) is 4.79 Å². The van der Waals surface area contributed by atoms with Gasteiger partial charge in [-0.05, 0) is 56.1 Å². The van der Waals surface area contributed by atoms with Crippen LogP contribution in [0.25, 0.3) is 0 Å². The Kier molecular flexibility index (Phi) is 4.51. The number of aromatic nitrogens is 1. The van der Waals surface area contributed by atoms with Crippen LogP contribution in [0, 0.1) is 0 Å². The van der Waals surface area contributed by atoms with E-state index in [4.69, 9.17) is 5.11 Å². The van der Waals surface area contributed by atoms with Gasteiger partial charge in [0.05, 0.1) is 16.8 Å². The van der Waals surface area contributed by atoms with Crippen LogP contribution in [0.5, 0.6) is 0 Å². The zero-order valence-corrected chi connectivity index (χ0v) is 13.1. The molecule has 0 radical (unpaired) electrons. The summed E-state index contributed by atoms with van der Waals surface area (Å²) in [6.07, 6.45) is 2.99. The lowest BCUT2D eigenvalue weighted by Crippen LogP contribution is -2.13. The third-order valence-electron chi connectivity index (χ3n) is 2.43. The maximum absolute atomic E-state index is 12.1. The molecule has 0 bridgehead atoms. The van der Waals surface area contributed by atoms with Crippen molar-refractivity contribution < 1.29 is 14.7 Å². The van der Waals surface area contributed by atoms with Crippen LogP contribution in [0.1, 0.15) is 20.7 Å². The Balaban J connectivity index is 2.27. The number of rotatable bonds is 3. The van der Waals surface area contributed by atoms with E-state index in [1.54, 1.807) is 18.3 Å². The molecule has 0 spiro atoms. The Morgan fingerprint density at radius 2 is 1.85 bits per heavy atom. The number of carbonyl (C=O) groups is 2. The molecule has 0 saturated heterocycles. The molecule has 102 valence electrons. The number of halogens is 2. The zero-order chi connectivity index (χ0) is 14.7. The first-order valence-electron chi connectivity index (χ1n) is 5.42. The molecule has 2 rings (SSSR count). The standard InChI is InChI=1S/C13H8Br2N2O3/c14-9-3-8(5-16-6-9)12(18)17-11-4-7(13(19)20)1-2-10(11)15/h1-6H,(H,17,18)(H,19,20). The summed E-state index contributed by atoms with van der Waals surface area (Å²) in [6.45, 7) is 0. The quantitative estimate of drug-likeness (QED) is 0.826. The average Bonchev–Trinajstić information content (AvgIpc) is 2.41. The number of hydrogen-bond donors (Lipinski definition) is 2. The second kappa shape index (κ2) is 6.15. The summed E-state index contributed by atoms with van der Waals surface area (Å²) in [5.41, 5.74) is 0.845. The van der Waals surface area contributed by atoms with Crippen molar-refractivity contribution in [1.82, 2.24) is 4.98 Å². The fraction of sp³-hybridized carbons (Fsp3) is 0. The Hall–Kier alpha value is -1.73. The van der Waals surface area contributed by atoms with Gasteiger partial charge in [-0.1, -0.05) is 0 Å². The first-order valence-corrected chi connectivity index (χ1v) is 7.00. The third-order valence-corrected chi connectivity index (χ3v) is 3.55. The summed E-state index contributed by atoms with van der Waals surface area (Å²) < 4.78 is 1.28. The monoisotopic (exact) mass is 398 g/mol. The second-order valence-electron chi connectivity index (χ2n) is 3.85. The summed E-state index contributed by atoms with van der Waals surface area (Å²) in [5.74, 6) is -1.43. The smallest absolute Gasteiger partial charge is 0.335 e. The minimum Gasteiger partial charge on any atom is -0.478 e. The highest BCUT2D eigenvalue weighted by atomic mass is 79.9. The van der Waals surface area contributed by atoms with Gasteiger partial charge in [0.15, 0.2) is 0 Å². The van der Waals surface area contributed by atoms with Gasteiger partial charge in [0, 0.05) is 21.3 Å². The average molecular weight is 400 g/mol. The predicted molar refractivity (Wildman–Crippen MR) is 81.0 cm³/mol. The Labute approximate surface area is 131 Å². The minimum atomic E-state index is -1.06. The molecule has 0 unspecified atom stereocenters. The van der Waals surface area contributed by atoms with Crippen molar-refractivity contribution in [3.63, 3.8) is 0 Å². The van der Waals surface area contributed by atoms with E-state index in [1.807, 2.05) is 0 Å². The number of carboxylic acid groups (broad SMARTS) is 1. The SMILES string of the molecule is O=C(O)c1ccc(Br)c(NC(=O)c2cncc(Br)c2)c1. The molecule has 0 aliphatic heterocycles. The van der Waals surface area contributed by atoms with Crippen LogP contribution >= 0.6 is 31.9 Å². The predicted octanol–water partition coefficient (Wildman–Crippen LogP) is 3.56. The maximum atomic E-state index is 12.1. The minimum absolute atomic E-state index is 0.0934. The largest absolute Gasteiger partial charge is 0.478 e. The fourth-order valence-corrected chi connectivity index (χ4v) is 2.20. The number of nitrogens with zero attached hydrogens (tertiary/aromatic N) is 1. The Bertz CT molecular complexity index is 689. The molecule has 7 heteroatoms. The second-order valence-corrected chi connectivity index (χ2v) is 5.62. The molecule has 2 aromatic rings. The van der Waals surface area contributed by atoms with E-state index in [0.717, 1.165) is 0 Å². The lowest BCUT2D eigenvalue weighted by atomic mass is 10.2. The van der Waals surface area contributed by atoms with Crippen LogP contribution < -0.4 is 5.32 Å². The van der Waals surface area contributed by atoms with Crippen LogP contribution in [-0.2, 0) is 0 Å². The maximum Gasteiger partial charge on any atom is 0.335 e. The normalized spacial score (nSPS) is 10.1. The van der Waals surface area contributed by atoms with Crippen molar-refractivity contribution in [2.75, 3.05) is 5.32 Å². The van der Waals surface area contributed by atoms with Gasteiger partial charge in [-0.3, -0.25) is 9.78 Å². The highest BCUT2D eigenvalue weighted by Gasteiger charge is 2.11. The molecule has 0 fully saturated rings. The fourth-order valence-electron chi connectivity index (χ4n) is 1.48. The molecule has 1 amide bonds. The number of carboxylic acids is 1. The van der Waals surface area contributed by atoms with E-state index < -0.39 is 5.97 Å². The molecule has 0 aliphatic carbocycles. The van der Waals surface area contributed by atoms with E-state index in [2.05, 4.69) is 42.2 Å². The van der Waals surface area contributed by atoms with Gasteiger partial charge in [0.2, 0.25) is 0 Å². The van der Waals surface area contributed by atoms with Crippen molar-refractivity contribution in [2.24, 2.45) is 0 Å². The van der Waals surface area contributed by atoms with E-state index in [0.29, 0.717) is 20.2 Å². The number of benzene rings is 1. The molecule has 0 saturated carbocycles. The van der Waals surface area contributed by atoms with Crippen molar-refractivity contribution in [2.45, 2.75) is 0 Å². The van der Waals surface area contributed by atoms with Crippen molar-refractivity contribution in [3.05, 3.63) is 56.7 Å². The molecule has 1 heterocycles. The number of hydrogen-bond acceptors (Lipinski definition) is 3. The van der Waals surface area contributed by atoms with Crippen LogP contribution in [0.3, 0.4) is 0 Å². The van der Waals surface area contributed by atoms with Crippen molar-refractivity contribution >= 4 is 49.4 Å². The molecule has 1 aromatic heterocycles. The van der Waals surface area contributed by atoms with E-state index >= 15 is 0 Å². The van der Waals surface area contributed by atoms with Crippen LogP contribution in [0.15, 0.2) is 45.6 Å². The highest BCUT2D eigenvalue weighted by molar-refractivity contribution is 9.10. The summed E-state index contributed by atoms with van der Waals surface area (Å²) in [6, 6.07) is 6.02. The summed E-state index contributed by atoms with van der Waals surface area (Å²) >= 11 is 6.49. The van der Waals surface area contributed by atoms with E-state index in [9.17, 15) is 9.59 Å². The first-order chi connectivity index (χ1) is 9.47. The Morgan fingerprint density at radius 3 is 2.50 bits per heavy atom. The van der Waals surface area contributed by atoms with Crippen LogP contribution in [-0.4, -0.2) is 22.0 Å². The van der Waals surface area contributed by atoms with Gasteiger partial charge in [0.25, 0.3) is 5.91 Å². The number of anilines is 1. The van der Waals surface area contributed by atoms with E-state index in [1.165, 1.54) is 18.3 Å². The topological polar surface area (TPSA) is 79.3 Å². The van der Waals surface area contributed by atoms with Gasteiger partial charge < -0.3 is 10.4 Å². The van der Waals surface area contributed by atoms with Crippen LogP contribution in [0.4, 0.5) is 5.69 Å². The molecule has 2 N–H and O–H groups in total. The van der Waals surface area contributed by atoms with Crippen molar-refractivity contribution in [1.29, 1.82) is 0 Å². The summed E-state index contributed by atoms with van der Waals surface area (Å²) in [4.78, 5) is 26.9.